The Morgan fingerprint density at radius 3 is 2.95 bits per heavy atom. The number of aliphatic hydroxyl groups is 2. The second-order valence-electron chi connectivity index (χ2n) is 5.32. The number of rotatable bonds is 3. The number of aromatic nitrogens is 4. The number of ether oxygens (including phenoxy) is 1. The van der Waals surface area contributed by atoms with Gasteiger partial charge in [0.05, 0.1) is 25.0 Å². The van der Waals surface area contributed by atoms with E-state index in [-0.39, 0.29) is 12.4 Å². The van der Waals surface area contributed by atoms with E-state index in [1.807, 2.05) is 0 Å². The van der Waals surface area contributed by atoms with Crippen molar-refractivity contribution in [3.8, 4) is 0 Å². The van der Waals surface area contributed by atoms with Gasteiger partial charge in [0.2, 0.25) is 0 Å². The number of nitrogens with two attached hydrogens (primary N) is 1. The van der Waals surface area contributed by atoms with Crippen LogP contribution in [0.5, 0.6) is 0 Å². The van der Waals surface area contributed by atoms with Crippen molar-refractivity contribution < 1.29 is 14.9 Å². The first-order chi connectivity index (χ1) is 10.0. The molecule has 0 radical (unpaired) electrons. The van der Waals surface area contributed by atoms with Gasteiger partial charge in [-0.15, -0.1) is 6.58 Å². The molecule has 1 fully saturated rings. The molecule has 112 valence electrons. The number of fused-ring (bicyclic) bond motifs is 1. The van der Waals surface area contributed by atoms with Crippen LogP contribution < -0.4 is 5.73 Å². The number of aliphatic hydroxyl groups excluding tert-OH is 2. The number of nitrogen functional groups attached to an aromatic ring is 1. The lowest BCUT2D eigenvalue weighted by molar-refractivity contribution is -0.115. The van der Waals surface area contributed by atoms with Gasteiger partial charge in [0, 0.05) is 0 Å². The summed E-state index contributed by atoms with van der Waals surface area (Å²) in [6.07, 6.45) is 3.02. The van der Waals surface area contributed by atoms with Crippen molar-refractivity contribution in [3.05, 3.63) is 25.3 Å². The lowest BCUT2D eigenvalue weighted by Gasteiger charge is -2.25. The van der Waals surface area contributed by atoms with Crippen molar-refractivity contribution in [1.82, 2.24) is 19.5 Å². The Morgan fingerprint density at radius 2 is 2.29 bits per heavy atom. The van der Waals surface area contributed by atoms with E-state index in [0.717, 1.165) is 0 Å². The van der Waals surface area contributed by atoms with Crippen LogP contribution in [0.1, 0.15) is 13.2 Å². The molecule has 0 unspecified atom stereocenters. The van der Waals surface area contributed by atoms with Gasteiger partial charge in [-0.1, -0.05) is 6.08 Å². The third kappa shape index (κ3) is 1.91. The Hall–Kier alpha value is -2.03. The van der Waals surface area contributed by atoms with E-state index < -0.39 is 23.9 Å². The van der Waals surface area contributed by atoms with Crippen LogP contribution >= 0.6 is 0 Å². The molecule has 4 atom stereocenters. The minimum absolute atomic E-state index is 0.275. The maximum Gasteiger partial charge on any atom is 0.167 e. The topological polar surface area (TPSA) is 119 Å². The molecule has 1 aliphatic rings. The highest BCUT2D eigenvalue weighted by Gasteiger charge is 2.51. The highest BCUT2D eigenvalue weighted by atomic mass is 16.6. The molecule has 21 heavy (non-hydrogen) atoms. The molecular weight excluding hydrogens is 274 g/mol. The molecule has 8 nitrogen and oxygen atoms in total. The third-order valence-electron chi connectivity index (χ3n) is 3.96. The zero-order chi connectivity index (χ0) is 15.2. The first-order valence-electron chi connectivity index (χ1n) is 6.54. The van der Waals surface area contributed by atoms with Gasteiger partial charge < -0.3 is 20.7 Å². The quantitative estimate of drug-likeness (QED) is 0.673. The summed E-state index contributed by atoms with van der Waals surface area (Å²) >= 11 is 0. The summed E-state index contributed by atoms with van der Waals surface area (Å²) in [4.78, 5) is 12.2. The monoisotopic (exact) mass is 291 g/mol. The van der Waals surface area contributed by atoms with Crippen molar-refractivity contribution in [2.45, 2.75) is 24.9 Å². The zero-order valence-corrected chi connectivity index (χ0v) is 11.5. The van der Waals surface area contributed by atoms with Gasteiger partial charge in [0.1, 0.15) is 23.7 Å². The van der Waals surface area contributed by atoms with E-state index in [1.165, 1.54) is 12.7 Å². The molecule has 2 aromatic rings. The first-order valence-corrected chi connectivity index (χ1v) is 6.54. The average molecular weight is 291 g/mol. The predicted molar refractivity (Wildman–Crippen MR) is 75.0 cm³/mol. The standard InChI is InChI=1S/C13H17N5O3/c1-3-7-9(20)13(2,4-19)21-12(7)18-6-17-8-10(14)15-5-16-11(8)18/h3,5-7,9,12,19-20H,1,4H2,2H3,(H2,14,15,16)/t7-,9-,12+,13+/m0/s1. The summed E-state index contributed by atoms with van der Waals surface area (Å²) in [6.45, 7) is 5.08. The van der Waals surface area contributed by atoms with Gasteiger partial charge in [0.15, 0.2) is 11.5 Å². The van der Waals surface area contributed by atoms with E-state index in [4.69, 9.17) is 10.5 Å². The van der Waals surface area contributed by atoms with Gasteiger partial charge in [-0.25, -0.2) is 15.0 Å². The first kappa shape index (κ1) is 13.9. The molecule has 0 aromatic carbocycles. The highest BCUT2D eigenvalue weighted by Crippen LogP contribution is 2.42. The summed E-state index contributed by atoms with van der Waals surface area (Å²) in [5, 5.41) is 19.8. The van der Waals surface area contributed by atoms with Crippen molar-refractivity contribution >= 4 is 17.0 Å². The fourth-order valence-corrected chi connectivity index (χ4v) is 2.66. The van der Waals surface area contributed by atoms with Crippen LogP contribution in [0.2, 0.25) is 0 Å². The van der Waals surface area contributed by atoms with Gasteiger partial charge in [0.25, 0.3) is 0 Å². The van der Waals surface area contributed by atoms with E-state index in [0.29, 0.717) is 11.2 Å². The lowest BCUT2D eigenvalue weighted by Crippen LogP contribution is -2.41. The average Bonchev–Trinajstić information content (AvgIpc) is 3.01. The minimum atomic E-state index is -1.07. The van der Waals surface area contributed by atoms with Crippen LogP contribution in [-0.2, 0) is 4.74 Å². The van der Waals surface area contributed by atoms with Gasteiger partial charge in [-0.05, 0) is 6.92 Å². The fourth-order valence-electron chi connectivity index (χ4n) is 2.66. The smallest absolute Gasteiger partial charge is 0.167 e. The zero-order valence-electron chi connectivity index (χ0n) is 11.5. The van der Waals surface area contributed by atoms with Crippen LogP contribution in [0.15, 0.2) is 25.3 Å². The molecule has 4 N–H and O–H groups in total. The van der Waals surface area contributed by atoms with Crippen molar-refractivity contribution in [1.29, 1.82) is 0 Å². The molecule has 3 rings (SSSR count). The summed E-state index contributed by atoms with van der Waals surface area (Å²) in [5.74, 6) is -0.131. The molecule has 0 bridgehead atoms. The number of hydrogen-bond donors (Lipinski definition) is 3. The summed E-state index contributed by atoms with van der Waals surface area (Å²) in [6, 6.07) is 0. The summed E-state index contributed by atoms with van der Waals surface area (Å²) in [7, 11) is 0. The van der Waals surface area contributed by atoms with Gasteiger partial charge in [-0.2, -0.15) is 0 Å². The molecule has 0 amide bonds. The van der Waals surface area contributed by atoms with Crippen LogP contribution in [-0.4, -0.2) is 48.0 Å². The predicted octanol–water partition coefficient (Wildman–Crippen LogP) is -0.149. The molecule has 8 heteroatoms. The molecule has 1 saturated heterocycles. The molecule has 0 spiro atoms. The lowest BCUT2D eigenvalue weighted by atomic mass is 9.92. The summed E-state index contributed by atoms with van der Waals surface area (Å²) < 4.78 is 7.53. The van der Waals surface area contributed by atoms with Crippen LogP contribution in [0, 0.1) is 5.92 Å². The SMILES string of the molecule is C=C[C@@H]1[C@H](n2cnc3c(N)ncnc32)O[C@](C)(CO)[C@H]1O. The minimum Gasteiger partial charge on any atom is -0.393 e. The molecule has 2 aromatic heterocycles. The van der Waals surface area contributed by atoms with Crippen molar-refractivity contribution in [2.24, 2.45) is 5.92 Å². The van der Waals surface area contributed by atoms with Crippen LogP contribution in [0.25, 0.3) is 11.2 Å². The maximum atomic E-state index is 10.4. The largest absolute Gasteiger partial charge is 0.393 e. The number of nitrogens with zero attached hydrogens (tertiary/aromatic N) is 4. The molecule has 3 heterocycles. The molecule has 0 saturated carbocycles. The third-order valence-corrected chi connectivity index (χ3v) is 3.96. The van der Waals surface area contributed by atoms with E-state index in [1.54, 1.807) is 17.6 Å². The highest BCUT2D eigenvalue weighted by molar-refractivity contribution is 5.81. The number of anilines is 1. The summed E-state index contributed by atoms with van der Waals surface area (Å²) in [5.41, 5.74) is 5.67. The Morgan fingerprint density at radius 1 is 1.52 bits per heavy atom. The second kappa shape index (κ2) is 4.76. The Labute approximate surface area is 120 Å². The number of hydrogen-bond acceptors (Lipinski definition) is 7. The molecular formula is C13H17N5O3. The Bertz CT molecular complexity index is 687. The molecule has 0 aliphatic carbocycles. The van der Waals surface area contributed by atoms with Gasteiger partial charge in [-0.3, -0.25) is 4.57 Å². The fraction of sp³-hybridized carbons (Fsp3) is 0.462. The second-order valence-corrected chi connectivity index (χ2v) is 5.32. The Kier molecular flexibility index (Phi) is 3.16. The Balaban J connectivity index is 2.10. The van der Waals surface area contributed by atoms with Crippen LogP contribution in [0.4, 0.5) is 5.82 Å². The van der Waals surface area contributed by atoms with Crippen molar-refractivity contribution in [2.75, 3.05) is 12.3 Å². The number of imidazole rings is 1. The normalized spacial score (nSPS) is 32.6. The molecule has 1 aliphatic heterocycles. The van der Waals surface area contributed by atoms with E-state index in [2.05, 4.69) is 21.5 Å². The van der Waals surface area contributed by atoms with Gasteiger partial charge >= 0.3 is 0 Å². The van der Waals surface area contributed by atoms with E-state index >= 15 is 0 Å². The van der Waals surface area contributed by atoms with Crippen LogP contribution in [0.3, 0.4) is 0 Å². The van der Waals surface area contributed by atoms with E-state index in [9.17, 15) is 10.2 Å². The van der Waals surface area contributed by atoms with Crippen molar-refractivity contribution in [3.63, 3.8) is 0 Å². The maximum absolute atomic E-state index is 10.4.